The Morgan fingerprint density at radius 1 is 0.973 bits per heavy atom. The number of hydrogen-bond acceptors (Lipinski definition) is 16. The molecule has 0 radical (unpaired) electrons. The molecule has 1 unspecified atom stereocenters. The molecule has 5 rings (SSSR count). The molecule has 4 aliphatic heterocycles. The third-order valence-corrected chi connectivity index (χ3v) is 17.7. The third kappa shape index (κ3) is 14.9. The Hall–Kier alpha value is -2.92. The second kappa shape index (κ2) is 26.4. The molecule has 2 amide bonds. The molecular weight excluding hydrogens is 972 g/mol. The summed E-state index contributed by atoms with van der Waals surface area (Å²) in [6, 6.07) is 4.90. The third-order valence-electron chi connectivity index (χ3n) is 17.7. The van der Waals surface area contributed by atoms with Gasteiger partial charge in [-0.05, 0) is 117 Å². The highest BCUT2D eigenvalue weighted by atomic mass is 19.1. The van der Waals surface area contributed by atoms with Gasteiger partial charge in [0.1, 0.15) is 42.8 Å². The van der Waals surface area contributed by atoms with Crippen LogP contribution in [-0.2, 0) is 38.1 Å². The summed E-state index contributed by atoms with van der Waals surface area (Å²) >= 11 is 0. The predicted molar refractivity (Wildman–Crippen MR) is 280 cm³/mol. The first kappa shape index (κ1) is 62.9. The number of carbonyl (C=O) groups excluding carboxylic acids is 3. The molecular formula is C56H95FN4O14. The Balaban J connectivity index is 1.38. The molecule has 0 bridgehead atoms. The maximum Gasteiger partial charge on any atom is 0.309 e. The molecule has 4 heterocycles. The van der Waals surface area contributed by atoms with Gasteiger partial charge in [-0.1, -0.05) is 52.0 Å². The van der Waals surface area contributed by atoms with Crippen molar-refractivity contribution in [1.29, 1.82) is 0 Å². The van der Waals surface area contributed by atoms with Crippen LogP contribution in [0.5, 0.6) is 0 Å². The minimum absolute atomic E-state index is 0.0597. The first-order valence-corrected chi connectivity index (χ1v) is 27.5. The number of methoxy groups -OCH3 is 1. The highest BCUT2D eigenvalue weighted by molar-refractivity contribution is 5.76. The molecule has 7 N–H and O–H groups in total. The van der Waals surface area contributed by atoms with Crippen molar-refractivity contribution in [3.63, 3.8) is 0 Å². The molecule has 75 heavy (non-hydrogen) atoms. The van der Waals surface area contributed by atoms with E-state index in [2.05, 4.69) is 5.32 Å². The monoisotopic (exact) mass is 1070 g/mol. The van der Waals surface area contributed by atoms with E-state index >= 15 is 0 Å². The molecule has 430 valence electrons. The zero-order valence-electron chi connectivity index (χ0n) is 47.4. The Labute approximate surface area is 445 Å². The molecule has 4 saturated heterocycles. The summed E-state index contributed by atoms with van der Waals surface area (Å²) in [6.07, 6.45) is -8.09. The maximum atomic E-state index is 14.6. The van der Waals surface area contributed by atoms with Crippen LogP contribution in [-0.4, -0.2) is 207 Å². The number of piperidine rings is 1. The van der Waals surface area contributed by atoms with E-state index in [9.17, 15) is 49.4 Å². The fourth-order valence-electron chi connectivity index (χ4n) is 12.9. The SMILES string of the molecule is CC[C@H]1OC(=O)[C@H](C)[C@@H](C2C[C@@](C)(OC)[C@@H](O)[C@H](C)O2)[C@H](C)[C@@H](O[C@@H]2O[C@H](C)C[C@H](N(C)CCC(=O)N[C@H](CF)[C@H](O)c3ccc(C4CCN(C(C)=O)CC4)cc3)[C@H]2O)[C@](C)(O)C[C@@H](C)CN(C)[C@H](C)[C@@H](O)[C@]1(C)O. The van der Waals surface area contributed by atoms with Crippen LogP contribution in [0.15, 0.2) is 24.3 Å². The fraction of sp³-hybridized carbons (Fsp3) is 0.839. The number of alkyl halides is 1. The number of nitrogens with one attached hydrogen (secondary N) is 1. The molecule has 18 nitrogen and oxygen atoms in total. The summed E-state index contributed by atoms with van der Waals surface area (Å²) in [7, 11) is 5.08. The van der Waals surface area contributed by atoms with E-state index in [4.69, 9.17) is 23.7 Å². The lowest BCUT2D eigenvalue weighted by atomic mass is 9.68. The second-order valence-corrected chi connectivity index (χ2v) is 23.7. The Morgan fingerprint density at radius 3 is 2.17 bits per heavy atom. The van der Waals surface area contributed by atoms with Gasteiger partial charge >= 0.3 is 5.97 Å². The first-order chi connectivity index (χ1) is 35.0. The van der Waals surface area contributed by atoms with Crippen molar-refractivity contribution in [2.24, 2.45) is 23.7 Å². The summed E-state index contributed by atoms with van der Waals surface area (Å²) in [4.78, 5) is 45.4. The van der Waals surface area contributed by atoms with E-state index in [-0.39, 0.29) is 50.0 Å². The second-order valence-electron chi connectivity index (χ2n) is 23.7. The van der Waals surface area contributed by atoms with E-state index in [1.807, 2.05) is 54.7 Å². The number of esters is 1. The van der Waals surface area contributed by atoms with Crippen LogP contribution >= 0.6 is 0 Å². The van der Waals surface area contributed by atoms with Gasteiger partial charge in [-0.2, -0.15) is 0 Å². The Morgan fingerprint density at radius 2 is 1.60 bits per heavy atom. The average Bonchev–Trinajstić information content (AvgIpc) is 3.36. The van der Waals surface area contributed by atoms with Gasteiger partial charge in [-0.3, -0.25) is 14.4 Å². The molecule has 19 heteroatoms. The standard InChI is InChI=1S/C56H95FN4O14/c1-15-44-56(11,70)49(66)35(6)60(13)30-31(2)27-54(9,69)51(33(4)46(34(5)52(68)74-44)43-28-55(10,71-14)50(67)36(7)73-43)75-53-48(65)42(26-32(3)72-53)59(12)23-22-45(63)58-41(29-57)47(64)40-18-16-38(17-19-40)39-20-24-61(25-21-39)37(8)62/h16-19,31-36,39,41-44,46-51,53,64-67,69-70H,15,20-30H2,1-14H3,(H,58,63)/t31-,32-,33+,34-,35-,36+,41-,42+,43?,44-,46+,47-,48-,49-,50+,51-,53+,54-,55-,56-/m1/s1. The number of amides is 2. The van der Waals surface area contributed by atoms with Crippen molar-refractivity contribution in [1.82, 2.24) is 20.0 Å². The van der Waals surface area contributed by atoms with Crippen LogP contribution in [0.1, 0.15) is 144 Å². The number of ether oxygens (including phenoxy) is 5. The number of hydrogen-bond donors (Lipinski definition) is 7. The lowest BCUT2D eigenvalue weighted by molar-refractivity contribution is -0.302. The molecule has 0 aliphatic carbocycles. The molecule has 4 aliphatic rings. The van der Waals surface area contributed by atoms with Crippen LogP contribution in [0.25, 0.3) is 0 Å². The van der Waals surface area contributed by atoms with Crippen LogP contribution in [0.4, 0.5) is 4.39 Å². The largest absolute Gasteiger partial charge is 0.459 e. The van der Waals surface area contributed by atoms with Crippen molar-refractivity contribution in [2.45, 2.75) is 223 Å². The van der Waals surface area contributed by atoms with Gasteiger partial charge in [0.25, 0.3) is 0 Å². The van der Waals surface area contributed by atoms with Gasteiger partial charge in [0.15, 0.2) is 6.29 Å². The first-order valence-electron chi connectivity index (χ1n) is 27.5. The van der Waals surface area contributed by atoms with Crippen LogP contribution in [0.2, 0.25) is 0 Å². The van der Waals surface area contributed by atoms with Gasteiger partial charge in [0.2, 0.25) is 11.8 Å². The topological polar surface area (TPSA) is 240 Å². The van der Waals surface area contributed by atoms with Gasteiger partial charge in [0, 0.05) is 71.1 Å². The van der Waals surface area contributed by atoms with Gasteiger partial charge in [0.05, 0.1) is 47.6 Å². The summed E-state index contributed by atoms with van der Waals surface area (Å²) in [5, 5.41) is 73.9. The van der Waals surface area contributed by atoms with Crippen molar-refractivity contribution < 1.29 is 73.1 Å². The van der Waals surface area contributed by atoms with E-state index in [1.165, 1.54) is 14.0 Å². The number of benzene rings is 1. The number of aliphatic hydroxyl groups excluding tert-OH is 4. The Kier molecular flexibility index (Phi) is 22.1. The molecule has 1 aromatic rings. The summed E-state index contributed by atoms with van der Waals surface area (Å²) in [5.41, 5.74) is -3.07. The molecule has 4 fully saturated rings. The van der Waals surface area contributed by atoms with Crippen molar-refractivity contribution in [3.05, 3.63) is 35.4 Å². The minimum Gasteiger partial charge on any atom is -0.459 e. The van der Waals surface area contributed by atoms with Gasteiger partial charge in [-0.25, -0.2) is 4.39 Å². The van der Waals surface area contributed by atoms with E-state index in [0.717, 1.165) is 18.4 Å². The minimum atomic E-state index is -1.85. The highest BCUT2D eigenvalue weighted by Gasteiger charge is 2.55. The number of likely N-dealkylation sites (tertiary alicyclic amines) is 1. The van der Waals surface area contributed by atoms with E-state index in [1.54, 1.807) is 67.6 Å². The number of halogens is 1. The lowest BCUT2D eigenvalue weighted by Crippen LogP contribution is -2.62. The van der Waals surface area contributed by atoms with E-state index in [0.29, 0.717) is 31.6 Å². The van der Waals surface area contributed by atoms with Crippen molar-refractivity contribution in [3.8, 4) is 0 Å². The van der Waals surface area contributed by atoms with E-state index < -0.39 is 132 Å². The predicted octanol–water partition coefficient (Wildman–Crippen LogP) is 3.85. The van der Waals surface area contributed by atoms with Gasteiger partial charge in [-0.15, -0.1) is 0 Å². The summed E-state index contributed by atoms with van der Waals surface area (Å²) in [5.74, 6) is -3.60. The molecule has 20 atom stereocenters. The summed E-state index contributed by atoms with van der Waals surface area (Å²) < 4.78 is 46.5. The van der Waals surface area contributed by atoms with Crippen LogP contribution < -0.4 is 5.32 Å². The number of rotatable bonds is 14. The summed E-state index contributed by atoms with van der Waals surface area (Å²) in [6.45, 7) is 20.0. The quantitative estimate of drug-likeness (QED) is 0.131. The smallest absolute Gasteiger partial charge is 0.309 e. The number of cyclic esters (lactones) is 1. The zero-order chi connectivity index (χ0) is 56.1. The number of nitrogens with zero attached hydrogens (tertiary/aromatic N) is 3. The number of aliphatic hydroxyl groups is 6. The number of likely N-dealkylation sites (N-methyl/N-ethyl adjacent to an activating group) is 2. The Bertz CT molecular complexity index is 1990. The molecule has 0 aromatic heterocycles. The number of carbonyl (C=O) groups is 3. The van der Waals surface area contributed by atoms with Crippen LogP contribution in [0.3, 0.4) is 0 Å². The van der Waals surface area contributed by atoms with Gasteiger partial charge < -0.3 is 74.3 Å². The fourth-order valence-corrected chi connectivity index (χ4v) is 12.9. The molecule has 0 saturated carbocycles. The molecule has 1 aromatic carbocycles. The normalized spacial score (nSPS) is 40.3. The lowest BCUT2D eigenvalue weighted by Gasteiger charge is -2.51. The highest BCUT2D eigenvalue weighted by Crippen LogP contribution is 2.45. The molecule has 0 spiro atoms. The maximum absolute atomic E-state index is 14.6. The van der Waals surface area contributed by atoms with Crippen LogP contribution in [0, 0.1) is 23.7 Å². The van der Waals surface area contributed by atoms with Crippen molar-refractivity contribution in [2.75, 3.05) is 54.1 Å². The van der Waals surface area contributed by atoms with Crippen molar-refractivity contribution >= 4 is 17.8 Å². The average molecular weight is 1070 g/mol. The zero-order valence-corrected chi connectivity index (χ0v) is 47.4.